The number of β-amino-alcohol motifs (C(OH)–C–C–N with tert-alkyl or cyclic N) is 1. The van der Waals surface area contributed by atoms with E-state index in [2.05, 4.69) is 15.2 Å². The number of rotatable bonds is 7. The van der Waals surface area contributed by atoms with Gasteiger partial charge in [0.1, 0.15) is 17.3 Å². The van der Waals surface area contributed by atoms with Crippen molar-refractivity contribution in [2.45, 2.75) is 31.5 Å². The highest BCUT2D eigenvalue weighted by Gasteiger charge is 2.36. The van der Waals surface area contributed by atoms with Gasteiger partial charge in [0.05, 0.1) is 28.6 Å². The van der Waals surface area contributed by atoms with Gasteiger partial charge in [0.15, 0.2) is 5.69 Å². The van der Waals surface area contributed by atoms with E-state index in [0.717, 1.165) is 21.5 Å². The number of hydrogen-bond acceptors (Lipinski definition) is 8. The summed E-state index contributed by atoms with van der Waals surface area (Å²) in [5.41, 5.74) is 0.740. The molecule has 1 aliphatic heterocycles. The van der Waals surface area contributed by atoms with Gasteiger partial charge >= 0.3 is 5.97 Å². The number of carbonyl (C=O) groups excluding carboxylic acids is 1. The summed E-state index contributed by atoms with van der Waals surface area (Å²) in [5, 5.41) is 27.6. The van der Waals surface area contributed by atoms with E-state index >= 15 is 0 Å². The molecule has 2 aromatic heterocycles. The first-order valence-electron chi connectivity index (χ1n) is 9.34. The monoisotopic (exact) mass is 415 g/mol. The third-order valence-electron chi connectivity index (χ3n) is 5.26. The van der Waals surface area contributed by atoms with Crippen molar-refractivity contribution in [3.8, 4) is 0 Å². The van der Waals surface area contributed by atoms with E-state index in [1.165, 1.54) is 10.9 Å². The number of aliphatic hydroxyl groups excluding tert-OH is 1. The van der Waals surface area contributed by atoms with Crippen LogP contribution in [0.2, 0.25) is 0 Å². The normalized spacial score (nSPS) is 22.0. The average molecular weight is 415 g/mol. The molecule has 4 rings (SSSR count). The molecule has 4 atom stereocenters. The van der Waals surface area contributed by atoms with Gasteiger partial charge in [0.25, 0.3) is 0 Å². The molecular formula is C19H21N5O4S. The van der Waals surface area contributed by atoms with Crippen LogP contribution < -0.4 is 0 Å². The van der Waals surface area contributed by atoms with Crippen molar-refractivity contribution in [2.75, 3.05) is 13.1 Å². The molecular weight excluding hydrogens is 394 g/mol. The molecule has 0 amide bonds. The summed E-state index contributed by atoms with van der Waals surface area (Å²) in [4.78, 5) is 29.6. The van der Waals surface area contributed by atoms with Gasteiger partial charge < -0.3 is 15.0 Å². The Morgan fingerprint density at radius 2 is 2.21 bits per heavy atom. The first-order valence-corrected chi connectivity index (χ1v) is 10.2. The second kappa shape index (κ2) is 7.97. The molecule has 3 aromatic rings. The van der Waals surface area contributed by atoms with Crippen molar-refractivity contribution in [1.29, 1.82) is 0 Å². The van der Waals surface area contributed by atoms with E-state index in [0.29, 0.717) is 19.5 Å². The van der Waals surface area contributed by atoms with Crippen molar-refractivity contribution in [2.24, 2.45) is 5.92 Å². The lowest BCUT2D eigenvalue weighted by molar-refractivity contribution is -0.112. The Morgan fingerprint density at radius 3 is 2.90 bits per heavy atom. The zero-order valence-corrected chi connectivity index (χ0v) is 16.6. The number of fused-ring (bicyclic) bond motifs is 1. The van der Waals surface area contributed by atoms with E-state index in [4.69, 9.17) is 10.1 Å². The van der Waals surface area contributed by atoms with E-state index in [1.54, 1.807) is 11.3 Å². The molecule has 0 radical (unpaired) electrons. The van der Waals surface area contributed by atoms with E-state index in [9.17, 15) is 14.7 Å². The number of aliphatic hydroxyl groups is 1. The number of nitrogens with zero attached hydrogens (tertiary/aromatic N) is 5. The Balaban J connectivity index is 1.53. The molecule has 1 aliphatic rings. The molecule has 1 saturated heterocycles. The van der Waals surface area contributed by atoms with Crippen molar-refractivity contribution in [3.63, 3.8) is 0 Å². The first kappa shape index (κ1) is 19.6. The highest BCUT2D eigenvalue weighted by Crippen LogP contribution is 2.37. The van der Waals surface area contributed by atoms with Crippen LogP contribution in [0.15, 0.2) is 30.5 Å². The Kier molecular flexibility index (Phi) is 5.39. The topological polar surface area (TPSA) is 121 Å². The van der Waals surface area contributed by atoms with Crippen LogP contribution in [-0.4, -0.2) is 66.5 Å². The predicted octanol–water partition coefficient (Wildman–Crippen LogP) is 1.77. The number of carboxylic acid groups (broad SMARTS) is 1. The van der Waals surface area contributed by atoms with Crippen LogP contribution in [0.3, 0.4) is 0 Å². The van der Waals surface area contributed by atoms with Gasteiger partial charge in [-0.1, -0.05) is 24.3 Å². The van der Waals surface area contributed by atoms with E-state index in [-0.39, 0.29) is 17.7 Å². The molecule has 1 aromatic carbocycles. The van der Waals surface area contributed by atoms with Crippen molar-refractivity contribution in [3.05, 3.63) is 41.2 Å². The molecule has 0 spiro atoms. The molecule has 1 fully saturated rings. The Labute approximate surface area is 170 Å². The Hall–Kier alpha value is -2.69. The SMILES string of the molecule is C[C@@H](CN1C[C@H](O)CC1c1nc2ccccc2s1)[C@@H](C=O)n1cc(C(=O)O)nn1. The quantitative estimate of drug-likeness (QED) is 0.560. The summed E-state index contributed by atoms with van der Waals surface area (Å²) in [5.74, 6) is -1.36. The number of likely N-dealkylation sites (tertiary alicyclic amines) is 1. The maximum absolute atomic E-state index is 11.7. The fraction of sp³-hybridized carbons (Fsp3) is 0.421. The Bertz CT molecular complexity index is 1000. The summed E-state index contributed by atoms with van der Waals surface area (Å²) >= 11 is 1.62. The van der Waals surface area contributed by atoms with Gasteiger partial charge in [0.2, 0.25) is 0 Å². The standard InChI is InChI=1S/C19H21N5O4S/c1-11(16(10-25)24-9-14(19(27)28)21-22-24)7-23-8-12(26)6-15(23)18-20-13-4-2-3-5-17(13)29-18/h2-5,9-12,15-16,26H,6-8H2,1H3,(H,27,28)/t11-,12+,15?,16+/m0/s1. The molecule has 1 unspecified atom stereocenters. The smallest absolute Gasteiger partial charge is 0.358 e. The van der Waals surface area contributed by atoms with Crippen LogP contribution in [0, 0.1) is 5.92 Å². The van der Waals surface area contributed by atoms with Crippen LogP contribution in [0.4, 0.5) is 0 Å². The number of aromatic nitrogens is 4. The third-order valence-corrected chi connectivity index (χ3v) is 6.39. The first-order chi connectivity index (χ1) is 14.0. The molecule has 29 heavy (non-hydrogen) atoms. The van der Waals surface area contributed by atoms with Crippen molar-refractivity contribution < 1.29 is 19.8 Å². The second-order valence-corrected chi connectivity index (χ2v) is 8.43. The molecule has 3 heterocycles. The second-order valence-electron chi connectivity index (χ2n) is 7.37. The summed E-state index contributed by atoms with van der Waals surface area (Å²) in [7, 11) is 0. The van der Waals surface area contributed by atoms with Gasteiger partial charge in [-0.25, -0.2) is 14.5 Å². The van der Waals surface area contributed by atoms with Gasteiger partial charge in [-0.05, 0) is 24.5 Å². The van der Waals surface area contributed by atoms with Gasteiger partial charge in [-0.3, -0.25) is 4.90 Å². The molecule has 152 valence electrons. The number of carbonyl (C=O) groups is 2. The van der Waals surface area contributed by atoms with E-state index < -0.39 is 18.1 Å². The van der Waals surface area contributed by atoms with Crippen molar-refractivity contribution >= 4 is 33.8 Å². The molecule has 9 nitrogen and oxygen atoms in total. The number of hydrogen-bond donors (Lipinski definition) is 2. The van der Waals surface area contributed by atoms with Gasteiger partial charge in [-0.2, -0.15) is 0 Å². The van der Waals surface area contributed by atoms with Crippen molar-refractivity contribution in [1.82, 2.24) is 24.9 Å². The number of thiazole rings is 1. The fourth-order valence-electron chi connectivity index (χ4n) is 3.83. The highest BCUT2D eigenvalue weighted by molar-refractivity contribution is 7.18. The van der Waals surface area contributed by atoms with Crippen LogP contribution >= 0.6 is 11.3 Å². The molecule has 0 aliphatic carbocycles. The maximum Gasteiger partial charge on any atom is 0.358 e. The van der Waals surface area contributed by atoms with Crippen LogP contribution in [-0.2, 0) is 4.79 Å². The molecule has 0 saturated carbocycles. The summed E-state index contributed by atoms with van der Waals surface area (Å²) in [6, 6.07) is 7.26. The zero-order chi connectivity index (χ0) is 20.5. The summed E-state index contributed by atoms with van der Waals surface area (Å²) in [6.45, 7) is 2.93. The van der Waals surface area contributed by atoms with Gasteiger partial charge in [-0.15, -0.1) is 16.4 Å². The summed E-state index contributed by atoms with van der Waals surface area (Å²) < 4.78 is 2.40. The lowest BCUT2D eigenvalue weighted by Crippen LogP contribution is -2.34. The summed E-state index contributed by atoms with van der Waals surface area (Å²) in [6.07, 6.45) is 2.15. The number of benzene rings is 1. The molecule has 10 heteroatoms. The third kappa shape index (κ3) is 3.91. The minimum Gasteiger partial charge on any atom is -0.476 e. The molecule has 2 N–H and O–H groups in total. The Morgan fingerprint density at radius 1 is 1.41 bits per heavy atom. The lowest BCUT2D eigenvalue weighted by Gasteiger charge is -2.28. The van der Waals surface area contributed by atoms with Crippen LogP contribution in [0.1, 0.15) is 40.9 Å². The maximum atomic E-state index is 11.7. The van der Waals surface area contributed by atoms with E-state index in [1.807, 2.05) is 31.2 Å². The zero-order valence-electron chi connectivity index (χ0n) is 15.8. The fourth-order valence-corrected chi connectivity index (χ4v) is 4.94. The lowest BCUT2D eigenvalue weighted by atomic mass is 10.0. The predicted molar refractivity (Wildman–Crippen MR) is 106 cm³/mol. The molecule has 0 bridgehead atoms. The highest BCUT2D eigenvalue weighted by atomic mass is 32.1. The number of aromatic carboxylic acids is 1. The number of aldehydes is 1. The van der Waals surface area contributed by atoms with Crippen LogP contribution in [0.5, 0.6) is 0 Å². The van der Waals surface area contributed by atoms with Gasteiger partial charge in [0, 0.05) is 13.1 Å². The minimum atomic E-state index is -1.19. The minimum absolute atomic E-state index is 0.0255. The van der Waals surface area contributed by atoms with Crippen LogP contribution in [0.25, 0.3) is 10.2 Å². The number of carboxylic acids is 1. The largest absolute Gasteiger partial charge is 0.476 e. The number of para-hydroxylation sites is 1. The average Bonchev–Trinajstić information content (AvgIpc) is 3.40.